The lowest BCUT2D eigenvalue weighted by atomic mass is 9.99. The maximum absolute atomic E-state index is 15.0. The lowest BCUT2D eigenvalue weighted by Gasteiger charge is -2.27. The standard InChI is InChI=1S/C26H21Cl2FN4O2/c1-33(2)25-16(26(34)32-19-10-11-35-20-9-4-3-6-14(19)20)12-30-23-21(18(29)13-31-24(23)25)15-7-5-8-17(27)22(15)28/h3-9,12-13,19H,10-11H2,1-2H3,(H,32,34)/t19-/m0/s1. The number of carbonyl (C=O) groups excluding carboxylic acids is 1. The van der Waals surface area contributed by atoms with Gasteiger partial charge in [0.25, 0.3) is 5.91 Å². The molecule has 0 spiro atoms. The average Bonchev–Trinajstić information content (AvgIpc) is 2.85. The number of nitrogens with zero attached hydrogens (tertiary/aromatic N) is 3. The molecule has 9 heteroatoms. The number of ether oxygens (including phenoxy) is 1. The molecule has 1 N–H and O–H groups in total. The molecule has 0 fully saturated rings. The molecule has 0 radical (unpaired) electrons. The first-order chi connectivity index (χ1) is 16.9. The van der Waals surface area contributed by atoms with Gasteiger partial charge in [-0.1, -0.05) is 53.5 Å². The van der Waals surface area contributed by atoms with Gasteiger partial charge in [-0.3, -0.25) is 9.78 Å². The summed E-state index contributed by atoms with van der Waals surface area (Å²) in [7, 11) is 3.60. The van der Waals surface area contributed by atoms with Gasteiger partial charge >= 0.3 is 0 Å². The third kappa shape index (κ3) is 4.15. The Morgan fingerprint density at radius 3 is 2.66 bits per heavy atom. The van der Waals surface area contributed by atoms with Gasteiger partial charge in [-0.15, -0.1) is 0 Å². The van der Waals surface area contributed by atoms with Gasteiger partial charge in [-0.2, -0.15) is 0 Å². The van der Waals surface area contributed by atoms with Crippen LogP contribution in [0.1, 0.15) is 28.4 Å². The zero-order valence-electron chi connectivity index (χ0n) is 19.0. The molecule has 3 heterocycles. The van der Waals surface area contributed by atoms with E-state index in [1.54, 1.807) is 37.2 Å². The van der Waals surface area contributed by atoms with Gasteiger partial charge in [0.15, 0.2) is 5.82 Å². The monoisotopic (exact) mass is 510 g/mol. The largest absolute Gasteiger partial charge is 0.493 e. The van der Waals surface area contributed by atoms with Gasteiger partial charge in [0.1, 0.15) is 16.8 Å². The molecule has 35 heavy (non-hydrogen) atoms. The average molecular weight is 511 g/mol. The van der Waals surface area contributed by atoms with Crippen molar-refractivity contribution in [2.24, 2.45) is 0 Å². The fourth-order valence-corrected chi connectivity index (χ4v) is 4.79. The Hall–Kier alpha value is -3.42. The topological polar surface area (TPSA) is 67.4 Å². The SMILES string of the molecule is CN(C)c1c(C(=O)N[C@H]2CCOc3ccccc32)cnc2c(-c3cccc(Cl)c3Cl)c(F)cnc12. The van der Waals surface area contributed by atoms with Crippen LogP contribution in [0.25, 0.3) is 22.2 Å². The molecule has 0 aliphatic carbocycles. The van der Waals surface area contributed by atoms with Gasteiger partial charge in [-0.05, 0) is 12.1 Å². The molecular weight excluding hydrogens is 490 g/mol. The number of nitrogens with one attached hydrogen (secondary N) is 1. The van der Waals surface area contributed by atoms with Gasteiger partial charge in [-0.25, -0.2) is 9.37 Å². The summed E-state index contributed by atoms with van der Waals surface area (Å²) in [4.78, 5) is 24.0. The number of hydrogen-bond donors (Lipinski definition) is 1. The zero-order valence-corrected chi connectivity index (χ0v) is 20.5. The number of rotatable bonds is 4. The van der Waals surface area contributed by atoms with Gasteiger partial charge in [0, 0.05) is 43.4 Å². The first kappa shape index (κ1) is 23.3. The Labute approximate surface area is 211 Å². The first-order valence-electron chi connectivity index (χ1n) is 11.0. The van der Waals surface area contributed by atoms with Crippen LogP contribution in [0, 0.1) is 5.82 Å². The van der Waals surface area contributed by atoms with Crippen molar-refractivity contribution in [3.63, 3.8) is 0 Å². The number of aromatic nitrogens is 2. The molecule has 0 saturated heterocycles. The molecule has 2 aromatic heterocycles. The van der Waals surface area contributed by atoms with E-state index in [2.05, 4.69) is 15.3 Å². The second-order valence-electron chi connectivity index (χ2n) is 8.40. The van der Waals surface area contributed by atoms with Crippen molar-refractivity contribution in [3.8, 4) is 16.9 Å². The maximum Gasteiger partial charge on any atom is 0.255 e. The fourth-order valence-electron chi connectivity index (χ4n) is 4.40. The van der Waals surface area contributed by atoms with E-state index in [4.69, 9.17) is 27.9 Å². The second-order valence-corrected chi connectivity index (χ2v) is 9.18. The van der Waals surface area contributed by atoms with Crippen molar-refractivity contribution in [1.29, 1.82) is 0 Å². The lowest BCUT2D eigenvalue weighted by molar-refractivity contribution is 0.0925. The highest BCUT2D eigenvalue weighted by Crippen LogP contribution is 2.40. The fraction of sp³-hybridized carbons (Fsp3) is 0.192. The van der Waals surface area contributed by atoms with Crippen LogP contribution >= 0.6 is 23.2 Å². The van der Waals surface area contributed by atoms with Crippen LogP contribution in [0.2, 0.25) is 10.0 Å². The van der Waals surface area contributed by atoms with Crippen LogP contribution in [0.3, 0.4) is 0 Å². The van der Waals surface area contributed by atoms with Crippen molar-refractivity contribution in [2.75, 3.05) is 25.6 Å². The minimum Gasteiger partial charge on any atom is -0.493 e. The minimum atomic E-state index is -0.588. The van der Waals surface area contributed by atoms with Crippen molar-refractivity contribution in [3.05, 3.63) is 81.8 Å². The molecule has 1 atom stereocenters. The quantitative estimate of drug-likeness (QED) is 0.361. The van der Waals surface area contributed by atoms with E-state index in [1.807, 2.05) is 24.3 Å². The Bertz CT molecular complexity index is 1460. The highest BCUT2D eigenvalue weighted by molar-refractivity contribution is 6.44. The number of anilines is 1. The predicted molar refractivity (Wildman–Crippen MR) is 136 cm³/mol. The van der Waals surface area contributed by atoms with Crippen LogP contribution in [-0.2, 0) is 0 Å². The molecule has 0 bridgehead atoms. The molecular formula is C26H21Cl2FN4O2. The van der Waals surface area contributed by atoms with E-state index >= 15 is 4.39 Å². The van der Waals surface area contributed by atoms with E-state index in [0.717, 1.165) is 17.5 Å². The van der Waals surface area contributed by atoms with E-state index in [9.17, 15) is 4.79 Å². The molecule has 0 unspecified atom stereocenters. The van der Waals surface area contributed by atoms with Gasteiger partial charge in [0.05, 0.1) is 40.1 Å². The molecule has 4 aromatic rings. The minimum absolute atomic E-state index is 0.177. The van der Waals surface area contributed by atoms with E-state index < -0.39 is 5.82 Å². The molecule has 2 aromatic carbocycles. The molecule has 1 aliphatic heterocycles. The molecule has 178 valence electrons. The Balaban J connectivity index is 1.62. The normalized spacial score (nSPS) is 14.8. The molecule has 1 amide bonds. The first-order valence-corrected chi connectivity index (χ1v) is 11.7. The highest BCUT2D eigenvalue weighted by Gasteiger charge is 2.27. The summed E-state index contributed by atoms with van der Waals surface area (Å²) in [5.41, 5.74) is 3.01. The zero-order chi connectivity index (χ0) is 24.7. The molecule has 6 nitrogen and oxygen atoms in total. The van der Waals surface area contributed by atoms with E-state index in [0.29, 0.717) is 40.4 Å². The lowest BCUT2D eigenvalue weighted by Crippen LogP contribution is -2.33. The van der Waals surface area contributed by atoms with E-state index in [1.165, 1.54) is 6.20 Å². The van der Waals surface area contributed by atoms with Crippen LogP contribution < -0.4 is 15.0 Å². The summed E-state index contributed by atoms with van der Waals surface area (Å²) in [5, 5.41) is 3.62. The third-order valence-corrected chi connectivity index (χ3v) is 6.80. The Morgan fingerprint density at radius 1 is 1.09 bits per heavy atom. The summed E-state index contributed by atoms with van der Waals surface area (Å²) >= 11 is 12.6. The number of halogens is 3. The Kier molecular flexibility index (Phi) is 6.21. The number of benzene rings is 2. The molecule has 1 aliphatic rings. The van der Waals surface area contributed by atoms with Crippen molar-refractivity contribution < 1.29 is 13.9 Å². The second kappa shape index (κ2) is 9.32. The predicted octanol–water partition coefficient (Wildman–Crippen LogP) is 6.06. The third-order valence-electron chi connectivity index (χ3n) is 5.99. The highest BCUT2D eigenvalue weighted by atomic mass is 35.5. The summed E-state index contributed by atoms with van der Waals surface area (Å²) in [6.45, 7) is 0.503. The number of carbonyl (C=O) groups is 1. The molecule has 0 saturated carbocycles. The number of para-hydroxylation sites is 1. The van der Waals surface area contributed by atoms with Gasteiger partial charge in [0.2, 0.25) is 0 Å². The number of amides is 1. The van der Waals surface area contributed by atoms with Crippen molar-refractivity contribution in [1.82, 2.24) is 15.3 Å². The summed E-state index contributed by atoms with van der Waals surface area (Å²) < 4.78 is 20.8. The van der Waals surface area contributed by atoms with E-state index in [-0.39, 0.29) is 28.1 Å². The smallest absolute Gasteiger partial charge is 0.255 e. The number of pyridine rings is 2. The summed E-state index contributed by atoms with van der Waals surface area (Å²) in [5.74, 6) is -0.137. The van der Waals surface area contributed by atoms with Crippen LogP contribution in [0.5, 0.6) is 5.75 Å². The van der Waals surface area contributed by atoms with Crippen LogP contribution in [0.4, 0.5) is 10.1 Å². The molecule has 5 rings (SSSR count). The summed E-state index contributed by atoms with van der Waals surface area (Å²) in [6.07, 6.45) is 3.20. The van der Waals surface area contributed by atoms with Crippen LogP contribution in [-0.4, -0.2) is 36.6 Å². The number of hydrogen-bond acceptors (Lipinski definition) is 5. The van der Waals surface area contributed by atoms with Crippen molar-refractivity contribution in [2.45, 2.75) is 12.5 Å². The van der Waals surface area contributed by atoms with Gasteiger partial charge < -0.3 is 15.0 Å². The maximum atomic E-state index is 15.0. The van der Waals surface area contributed by atoms with Crippen molar-refractivity contribution >= 4 is 45.8 Å². The Morgan fingerprint density at radius 2 is 1.86 bits per heavy atom. The van der Waals surface area contributed by atoms with Crippen LogP contribution in [0.15, 0.2) is 54.9 Å². The number of fused-ring (bicyclic) bond motifs is 2. The summed E-state index contributed by atoms with van der Waals surface area (Å²) in [6, 6.07) is 12.4.